The number of likely N-dealkylation sites (N-methyl/N-ethyl adjacent to an activating group) is 2. The maximum absolute atomic E-state index is 13.2. The third-order valence-corrected chi connectivity index (χ3v) is 11.3. The summed E-state index contributed by atoms with van der Waals surface area (Å²) < 4.78 is 10.6. The zero-order chi connectivity index (χ0) is 42.6. The van der Waals surface area contributed by atoms with Crippen molar-refractivity contribution in [1.29, 1.82) is 0 Å². The van der Waals surface area contributed by atoms with Crippen molar-refractivity contribution in [1.82, 2.24) is 20.2 Å². The number of ether oxygens (including phenoxy) is 2. The molecule has 316 valence electrons. The third kappa shape index (κ3) is 11.7. The number of amides is 4. The van der Waals surface area contributed by atoms with E-state index < -0.39 is 6.03 Å². The van der Waals surface area contributed by atoms with Crippen molar-refractivity contribution >= 4 is 75.4 Å². The van der Waals surface area contributed by atoms with E-state index in [9.17, 15) is 14.4 Å². The molecule has 1 saturated heterocycles. The zero-order valence-corrected chi connectivity index (χ0v) is 36.4. The second-order valence-corrected chi connectivity index (χ2v) is 15.4. The van der Waals surface area contributed by atoms with Crippen LogP contribution in [0.15, 0.2) is 67.0 Å². The van der Waals surface area contributed by atoms with Gasteiger partial charge in [-0.05, 0) is 81.6 Å². The number of imide groups is 1. The second kappa shape index (κ2) is 21.1. The first-order valence-electron chi connectivity index (χ1n) is 19.8. The van der Waals surface area contributed by atoms with Crippen molar-refractivity contribution in [2.45, 2.75) is 46.0 Å². The van der Waals surface area contributed by atoms with Crippen molar-refractivity contribution in [2.75, 3.05) is 92.9 Å². The van der Waals surface area contributed by atoms with E-state index in [0.717, 1.165) is 68.3 Å². The summed E-state index contributed by atoms with van der Waals surface area (Å²) in [7, 11) is 6.67. The molecular weight excluding hydrogens is 793 g/mol. The number of benzene rings is 3. The molecule has 16 heteroatoms. The molecule has 3 aromatic carbocycles. The molecule has 59 heavy (non-hydrogen) atoms. The van der Waals surface area contributed by atoms with E-state index in [1.54, 1.807) is 19.2 Å². The molecular formula is C43H55Cl2N9O5. The van der Waals surface area contributed by atoms with Crippen LogP contribution in [0.1, 0.15) is 51.5 Å². The molecule has 2 heterocycles. The van der Waals surface area contributed by atoms with Gasteiger partial charge in [0.15, 0.2) is 0 Å². The predicted octanol–water partition coefficient (Wildman–Crippen LogP) is 8.04. The molecule has 0 spiro atoms. The van der Waals surface area contributed by atoms with E-state index in [0.29, 0.717) is 41.9 Å². The Hall–Kier alpha value is -5.31. The van der Waals surface area contributed by atoms with Gasteiger partial charge in [-0.25, -0.2) is 14.8 Å². The van der Waals surface area contributed by atoms with Gasteiger partial charge in [-0.1, -0.05) is 42.3 Å². The van der Waals surface area contributed by atoms with E-state index >= 15 is 0 Å². The molecule has 1 aliphatic heterocycles. The van der Waals surface area contributed by atoms with Gasteiger partial charge in [0, 0.05) is 81.9 Å². The van der Waals surface area contributed by atoms with Gasteiger partial charge in [0.25, 0.3) is 0 Å². The molecule has 5 rings (SSSR count). The number of hydrogen-bond acceptors (Lipinski definition) is 11. The first kappa shape index (κ1) is 44.8. The van der Waals surface area contributed by atoms with Gasteiger partial charge < -0.3 is 34.8 Å². The Morgan fingerprint density at radius 2 is 1.49 bits per heavy atom. The lowest BCUT2D eigenvalue weighted by Crippen LogP contribution is -2.39. The maximum Gasteiger partial charge on any atom is 0.327 e. The number of halogens is 2. The van der Waals surface area contributed by atoms with Gasteiger partial charge in [-0.3, -0.25) is 19.8 Å². The summed E-state index contributed by atoms with van der Waals surface area (Å²) >= 11 is 12.9. The van der Waals surface area contributed by atoms with Gasteiger partial charge >= 0.3 is 6.03 Å². The summed E-state index contributed by atoms with van der Waals surface area (Å²) in [4.78, 5) is 54.2. The van der Waals surface area contributed by atoms with Crippen LogP contribution >= 0.6 is 23.2 Å². The van der Waals surface area contributed by atoms with Crippen LogP contribution in [0, 0.1) is 5.92 Å². The molecule has 0 radical (unpaired) electrons. The summed E-state index contributed by atoms with van der Waals surface area (Å²) in [6, 6.07) is 19.1. The Kier molecular flexibility index (Phi) is 16.0. The average molecular weight is 849 g/mol. The lowest BCUT2D eigenvalue weighted by molar-refractivity contribution is -0.134. The Labute approximate surface area is 357 Å². The third-order valence-electron chi connectivity index (χ3n) is 10.5. The van der Waals surface area contributed by atoms with E-state index in [-0.39, 0.29) is 33.5 Å². The normalized spacial score (nSPS) is 14.4. The zero-order valence-electron chi connectivity index (χ0n) is 34.8. The number of urea groups is 1. The first-order chi connectivity index (χ1) is 28.3. The minimum absolute atomic E-state index is 0.137. The van der Waals surface area contributed by atoms with Gasteiger partial charge in [0.05, 0.1) is 25.8 Å². The molecule has 4 aromatic rings. The van der Waals surface area contributed by atoms with Crippen LogP contribution in [-0.2, 0) is 9.59 Å². The minimum Gasteiger partial charge on any atom is -0.495 e. The molecule has 3 N–H and O–H groups in total. The smallest absolute Gasteiger partial charge is 0.327 e. The summed E-state index contributed by atoms with van der Waals surface area (Å²) in [5.41, 5.74) is 4.20. The van der Waals surface area contributed by atoms with Gasteiger partial charge in [0.2, 0.25) is 11.8 Å². The number of anilines is 6. The molecule has 0 bridgehead atoms. The topological polar surface area (TPSA) is 144 Å². The summed E-state index contributed by atoms with van der Waals surface area (Å²) in [6.45, 7) is 12.1. The van der Waals surface area contributed by atoms with Crippen molar-refractivity contribution in [2.24, 2.45) is 5.92 Å². The van der Waals surface area contributed by atoms with Crippen LogP contribution < -0.4 is 40.1 Å². The van der Waals surface area contributed by atoms with Gasteiger partial charge in [-0.2, -0.15) is 0 Å². The number of piperidine rings is 1. The van der Waals surface area contributed by atoms with Crippen LogP contribution in [0.25, 0.3) is 0 Å². The molecule has 1 aromatic heterocycles. The van der Waals surface area contributed by atoms with E-state index in [1.807, 2.05) is 24.3 Å². The van der Waals surface area contributed by atoms with E-state index in [4.69, 9.17) is 32.7 Å². The largest absolute Gasteiger partial charge is 0.495 e. The molecule has 14 nitrogen and oxygen atoms in total. The lowest BCUT2D eigenvalue weighted by Gasteiger charge is -2.29. The number of nitrogens with one attached hydrogen (secondary N) is 3. The van der Waals surface area contributed by atoms with Crippen molar-refractivity contribution in [3.8, 4) is 11.5 Å². The molecule has 4 amide bonds. The SMILES string of the molecule is CCN(CCC(C)CN(C)CCN(CC)c1ccc(Nc2cc(N(C)C(=O)Nc3c(Cl)c(OC)cc(OC)c3Cl)ncn2)cc1)c1ccc(C2CCC(=O)NC2=O)cc1. The lowest BCUT2D eigenvalue weighted by atomic mass is 9.90. The molecule has 0 saturated carbocycles. The monoisotopic (exact) mass is 847 g/mol. The maximum atomic E-state index is 13.2. The fourth-order valence-corrected chi connectivity index (χ4v) is 7.64. The Morgan fingerprint density at radius 3 is 2.08 bits per heavy atom. The quantitative estimate of drug-likeness (QED) is 0.0789. The highest BCUT2D eigenvalue weighted by atomic mass is 35.5. The summed E-state index contributed by atoms with van der Waals surface area (Å²) in [5.74, 6) is 1.29. The minimum atomic E-state index is -0.534. The average Bonchev–Trinajstić information content (AvgIpc) is 3.23. The molecule has 2 unspecified atom stereocenters. The second-order valence-electron chi connectivity index (χ2n) is 14.6. The number of nitrogens with zero attached hydrogens (tertiary/aromatic N) is 6. The molecule has 0 aliphatic carbocycles. The molecule has 2 atom stereocenters. The number of methoxy groups -OCH3 is 2. The van der Waals surface area contributed by atoms with Crippen LogP contribution in [0.3, 0.4) is 0 Å². The van der Waals surface area contributed by atoms with E-state index in [1.165, 1.54) is 25.4 Å². The summed E-state index contributed by atoms with van der Waals surface area (Å²) in [5, 5.41) is 8.77. The van der Waals surface area contributed by atoms with Gasteiger partial charge in [0.1, 0.15) is 39.5 Å². The van der Waals surface area contributed by atoms with E-state index in [2.05, 4.69) is 92.7 Å². The number of rotatable bonds is 19. The molecule has 1 fully saturated rings. The number of hydrogen-bond donors (Lipinski definition) is 3. The molecule has 1 aliphatic rings. The Bertz CT molecular complexity index is 2030. The highest BCUT2D eigenvalue weighted by Gasteiger charge is 2.28. The summed E-state index contributed by atoms with van der Waals surface area (Å²) in [6.07, 6.45) is 3.37. The number of aromatic nitrogens is 2. The fourth-order valence-electron chi connectivity index (χ4n) is 7.04. The number of carbonyl (C=O) groups is 3. The van der Waals surface area contributed by atoms with Gasteiger partial charge in [-0.15, -0.1) is 0 Å². The van der Waals surface area contributed by atoms with Crippen molar-refractivity contribution in [3.63, 3.8) is 0 Å². The predicted molar refractivity (Wildman–Crippen MR) is 237 cm³/mol. The Morgan fingerprint density at radius 1 is 0.881 bits per heavy atom. The number of carbonyl (C=O) groups excluding carboxylic acids is 3. The standard InChI is InChI=1S/C43H55Cl2N9O5/c1-8-53(31-14-10-29(11-15-31)33-18-19-38(55)49-42(33)56)21-20-28(3)26-51(4)22-23-54(9-2)32-16-12-30(13-17-32)48-36-25-37(47-27-46-36)52(5)43(57)50-41-39(44)34(58-6)24-35(59-7)40(41)45/h10-17,24-25,27-28,33H,8-9,18-23,26H2,1-7H3,(H,50,57)(H,46,47,48)(H,49,55,56). The van der Waals surface area contributed by atoms with Crippen LogP contribution in [0.5, 0.6) is 11.5 Å². The highest BCUT2D eigenvalue weighted by molar-refractivity contribution is 6.41. The van der Waals surface area contributed by atoms with Crippen LogP contribution in [0.2, 0.25) is 10.0 Å². The van der Waals surface area contributed by atoms with Crippen molar-refractivity contribution in [3.05, 3.63) is 82.6 Å². The van der Waals surface area contributed by atoms with Crippen LogP contribution in [0.4, 0.5) is 39.2 Å². The first-order valence-corrected chi connectivity index (χ1v) is 20.6. The van der Waals surface area contributed by atoms with Crippen molar-refractivity contribution < 1.29 is 23.9 Å². The highest BCUT2D eigenvalue weighted by Crippen LogP contribution is 2.44. The fraction of sp³-hybridized carbons (Fsp3) is 0.419. The Balaban J connectivity index is 1.09. The van der Waals surface area contributed by atoms with Crippen LogP contribution in [-0.4, -0.2) is 100 Å².